The largest absolute Gasteiger partial charge is 0.487 e. The maximum absolute atomic E-state index is 14.1. The third kappa shape index (κ3) is 4.14. The first-order valence-corrected chi connectivity index (χ1v) is 11.0. The smallest absolute Gasteiger partial charge is 0.251 e. The Morgan fingerprint density at radius 3 is 2.87 bits per heavy atom. The van der Waals surface area contributed by atoms with Crippen LogP contribution in [0.4, 0.5) is 4.39 Å². The number of halogens is 1. The molecule has 0 saturated heterocycles. The average molecular weight is 434 g/mol. The highest BCUT2D eigenvalue weighted by atomic mass is 32.2. The van der Waals surface area contributed by atoms with Crippen LogP contribution in [0, 0.1) is 5.82 Å². The Balaban J connectivity index is 1.23. The molecule has 4 aromatic rings. The van der Waals surface area contributed by atoms with E-state index < -0.39 is 0 Å². The molecule has 5 rings (SSSR count). The van der Waals surface area contributed by atoms with Crippen LogP contribution in [-0.2, 0) is 6.61 Å². The molecule has 0 spiro atoms. The van der Waals surface area contributed by atoms with Gasteiger partial charge in [-0.05, 0) is 54.4 Å². The van der Waals surface area contributed by atoms with E-state index in [1.807, 2.05) is 41.1 Å². The van der Waals surface area contributed by atoms with Crippen LogP contribution in [0.2, 0.25) is 0 Å². The molecule has 1 atom stereocenters. The van der Waals surface area contributed by atoms with E-state index in [0.717, 1.165) is 29.1 Å². The minimum absolute atomic E-state index is 0.181. The van der Waals surface area contributed by atoms with E-state index in [1.54, 1.807) is 30.3 Å². The Hall–Kier alpha value is -3.32. The predicted molar refractivity (Wildman–Crippen MR) is 118 cm³/mol. The van der Waals surface area contributed by atoms with E-state index in [1.165, 1.54) is 17.8 Å². The summed E-state index contributed by atoms with van der Waals surface area (Å²) >= 11 is 1.50. The molecule has 1 amide bonds. The van der Waals surface area contributed by atoms with Crippen LogP contribution < -0.4 is 10.1 Å². The predicted octanol–water partition coefficient (Wildman–Crippen LogP) is 5.02. The zero-order chi connectivity index (χ0) is 21.2. The summed E-state index contributed by atoms with van der Waals surface area (Å²) in [5, 5.41) is 3.04. The van der Waals surface area contributed by atoms with Gasteiger partial charge in [0.2, 0.25) is 0 Å². The number of pyridine rings is 1. The first-order valence-electron chi connectivity index (χ1n) is 10.0. The quantitative estimate of drug-likeness (QED) is 0.480. The van der Waals surface area contributed by atoms with Crippen molar-refractivity contribution in [2.45, 2.75) is 24.0 Å². The molecule has 1 aliphatic heterocycles. The lowest BCUT2D eigenvalue weighted by molar-refractivity contribution is 0.0934. The fraction of sp³-hybridized carbons (Fsp3) is 0.167. The summed E-state index contributed by atoms with van der Waals surface area (Å²) in [6.07, 6.45) is 4.64. The highest BCUT2D eigenvalue weighted by Gasteiger charge is 2.24. The maximum atomic E-state index is 14.1. The lowest BCUT2D eigenvalue weighted by Gasteiger charge is -2.26. The second kappa shape index (κ2) is 8.43. The first-order chi connectivity index (χ1) is 15.2. The number of aromatic nitrogens is 2. The number of hydrogen-bond acceptors (Lipinski definition) is 4. The number of benzene rings is 2. The summed E-state index contributed by atoms with van der Waals surface area (Å²) in [6.45, 7) is 0.343. The first kappa shape index (κ1) is 19.6. The Labute approximate surface area is 183 Å². The lowest BCUT2D eigenvalue weighted by atomic mass is 10.0. The van der Waals surface area contributed by atoms with Gasteiger partial charge in [0.05, 0.1) is 11.7 Å². The molecule has 0 saturated carbocycles. The molecule has 5 nitrogen and oxygen atoms in total. The Bertz CT molecular complexity index is 1210. The summed E-state index contributed by atoms with van der Waals surface area (Å²) in [4.78, 5) is 17.9. The fourth-order valence-corrected chi connectivity index (χ4v) is 4.84. The summed E-state index contributed by atoms with van der Waals surface area (Å²) in [5.74, 6) is 1.02. The highest BCUT2D eigenvalue weighted by Crippen LogP contribution is 2.37. The third-order valence-corrected chi connectivity index (χ3v) is 6.41. The van der Waals surface area contributed by atoms with Crippen molar-refractivity contribution in [3.63, 3.8) is 0 Å². The van der Waals surface area contributed by atoms with Crippen LogP contribution in [0.1, 0.15) is 34.1 Å². The molecule has 31 heavy (non-hydrogen) atoms. The van der Waals surface area contributed by atoms with Crippen molar-refractivity contribution in [1.29, 1.82) is 0 Å². The van der Waals surface area contributed by atoms with Crippen molar-refractivity contribution in [3.05, 3.63) is 95.7 Å². The lowest BCUT2D eigenvalue weighted by Crippen LogP contribution is -2.30. The van der Waals surface area contributed by atoms with Gasteiger partial charge in [0.25, 0.3) is 5.91 Å². The Kier molecular flexibility index (Phi) is 5.34. The minimum Gasteiger partial charge on any atom is -0.487 e. The summed E-state index contributed by atoms with van der Waals surface area (Å²) in [5.41, 5.74) is 3.08. The normalized spacial score (nSPS) is 15.5. The van der Waals surface area contributed by atoms with Crippen molar-refractivity contribution >= 4 is 23.3 Å². The highest BCUT2D eigenvalue weighted by molar-refractivity contribution is 7.99. The molecule has 1 N–H and O–H groups in total. The van der Waals surface area contributed by atoms with E-state index in [0.29, 0.717) is 22.8 Å². The van der Waals surface area contributed by atoms with E-state index >= 15 is 0 Å². The SMILES string of the molecule is O=C(NC1CCSc2c(F)cccc21)c1ccc(OCc2cn3ccccc3n2)cc1. The summed E-state index contributed by atoms with van der Waals surface area (Å²) in [7, 11) is 0. The number of carbonyl (C=O) groups is 1. The Morgan fingerprint density at radius 1 is 1.16 bits per heavy atom. The van der Waals surface area contributed by atoms with Gasteiger partial charge in [-0.15, -0.1) is 11.8 Å². The second-order valence-corrected chi connectivity index (χ2v) is 8.44. The van der Waals surface area contributed by atoms with Crippen LogP contribution >= 0.6 is 11.8 Å². The molecule has 156 valence electrons. The third-order valence-electron chi connectivity index (χ3n) is 5.25. The zero-order valence-electron chi connectivity index (χ0n) is 16.6. The Morgan fingerprint density at radius 2 is 2.03 bits per heavy atom. The second-order valence-electron chi connectivity index (χ2n) is 7.33. The number of thioether (sulfide) groups is 1. The number of imidazole rings is 1. The van der Waals surface area contributed by atoms with Crippen molar-refractivity contribution in [2.75, 3.05) is 5.75 Å². The number of carbonyl (C=O) groups excluding carboxylic acids is 1. The summed E-state index contributed by atoms with van der Waals surface area (Å²) < 4.78 is 21.8. The monoisotopic (exact) mass is 433 g/mol. The standard InChI is InChI=1S/C24H20FN3O2S/c25-20-5-3-4-19-21(11-13-31-23(19)20)27-24(29)16-7-9-18(10-8-16)30-15-17-14-28-12-2-1-6-22(28)26-17/h1-10,12,14,21H,11,13,15H2,(H,27,29). The fourth-order valence-electron chi connectivity index (χ4n) is 3.69. The van der Waals surface area contributed by atoms with Gasteiger partial charge in [-0.1, -0.05) is 18.2 Å². The maximum Gasteiger partial charge on any atom is 0.251 e. The van der Waals surface area contributed by atoms with Crippen LogP contribution in [0.15, 0.2) is 78.0 Å². The number of hydrogen-bond donors (Lipinski definition) is 1. The number of nitrogens with one attached hydrogen (secondary N) is 1. The molecule has 1 aliphatic rings. The van der Waals surface area contributed by atoms with Gasteiger partial charge in [-0.2, -0.15) is 0 Å². The van der Waals surface area contributed by atoms with Crippen LogP contribution in [0.3, 0.4) is 0 Å². The van der Waals surface area contributed by atoms with Crippen LogP contribution in [-0.4, -0.2) is 21.0 Å². The zero-order valence-corrected chi connectivity index (χ0v) is 17.4. The van der Waals surface area contributed by atoms with Crippen molar-refractivity contribution in [2.24, 2.45) is 0 Å². The molecular weight excluding hydrogens is 413 g/mol. The molecule has 1 unspecified atom stereocenters. The number of amides is 1. The van der Waals surface area contributed by atoms with Gasteiger partial charge in [-0.25, -0.2) is 9.37 Å². The molecular formula is C24H20FN3O2S. The molecule has 2 aromatic carbocycles. The van der Waals surface area contributed by atoms with E-state index in [4.69, 9.17) is 4.74 Å². The molecule has 0 fully saturated rings. The van der Waals surface area contributed by atoms with Gasteiger partial charge >= 0.3 is 0 Å². The van der Waals surface area contributed by atoms with Crippen molar-refractivity contribution in [1.82, 2.24) is 14.7 Å². The van der Waals surface area contributed by atoms with Crippen molar-refractivity contribution in [3.8, 4) is 5.75 Å². The summed E-state index contributed by atoms with van der Waals surface area (Å²) in [6, 6.07) is 17.7. The van der Waals surface area contributed by atoms with E-state index in [2.05, 4.69) is 10.3 Å². The number of fused-ring (bicyclic) bond motifs is 2. The topological polar surface area (TPSA) is 55.6 Å². The number of rotatable bonds is 5. The molecule has 2 aromatic heterocycles. The molecule has 3 heterocycles. The van der Waals surface area contributed by atoms with Crippen LogP contribution in [0.25, 0.3) is 5.65 Å². The molecule has 0 radical (unpaired) electrons. The van der Waals surface area contributed by atoms with Gasteiger partial charge in [0.15, 0.2) is 0 Å². The molecule has 7 heteroatoms. The van der Waals surface area contributed by atoms with Gasteiger partial charge < -0.3 is 14.5 Å². The molecule has 0 aliphatic carbocycles. The van der Waals surface area contributed by atoms with Crippen LogP contribution in [0.5, 0.6) is 5.75 Å². The number of ether oxygens (including phenoxy) is 1. The number of nitrogens with zero attached hydrogens (tertiary/aromatic N) is 2. The van der Waals surface area contributed by atoms with E-state index in [9.17, 15) is 9.18 Å². The van der Waals surface area contributed by atoms with E-state index in [-0.39, 0.29) is 17.8 Å². The molecule has 0 bridgehead atoms. The average Bonchev–Trinajstić information content (AvgIpc) is 3.22. The van der Waals surface area contributed by atoms with Gasteiger partial charge in [0, 0.05) is 28.6 Å². The van der Waals surface area contributed by atoms with Gasteiger partial charge in [-0.3, -0.25) is 4.79 Å². The van der Waals surface area contributed by atoms with Gasteiger partial charge in [0.1, 0.15) is 23.8 Å². The van der Waals surface area contributed by atoms with Crippen molar-refractivity contribution < 1.29 is 13.9 Å². The minimum atomic E-state index is -0.228.